The van der Waals surface area contributed by atoms with Gasteiger partial charge in [0, 0.05) is 0 Å². The zero-order chi connectivity index (χ0) is 17.7. The van der Waals surface area contributed by atoms with Crippen LogP contribution in [0.3, 0.4) is 0 Å². The van der Waals surface area contributed by atoms with Crippen LogP contribution in [0.4, 0.5) is 5.69 Å². The third-order valence-corrected chi connectivity index (χ3v) is 3.92. The third-order valence-electron chi connectivity index (χ3n) is 2.90. The number of carboxylic acid groups (broad SMARTS) is 2. The summed E-state index contributed by atoms with van der Waals surface area (Å²) in [7, 11) is -3.97. The maximum Gasteiger partial charge on any atom is 0.255 e. The van der Waals surface area contributed by atoms with Crippen molar-refractivity contribution in [1.82, 2.24) is 0 Å². The number of carbonyl (C=O) groups excluding carboxylic acids is 2. The number of aromatic carboxylic acids is 2. The van der Waals surface area contributed by atoms with Gasteiger partial charge in [-0.15, -0.1) is 0 Å². The van der Waals surface area contributed by atoms with Gasteiger partial charge in [0.25, 0.3) is 10.0 Å². The van der Waals surface area contributed by atoms with E-state index < -0.39 is 33.1 Å². The molecule has 0 fully saturated rings. The molecule has 2 aromatic carbocycles. The van der Waals surface area contributed by atoms with E-state index in [0.717, 1.165) is 23.6 Å². The Labute approximate surface area is 137 Å². The van der Waals surface area contributed by atoms with Gasteiger partial charge in [0.05, 0.1) is 23.0 Å². The van der Waals surface area contributed by atoms with Gasteiger partial charge in [-0.3, -0.25) is 4.72 Å². The maximum atomic E-state index is 12.0. The summed E-state index contributed by atoms with van der Waals surface area (Å²) < 4.78 is 26.1. The Kier molecular flexibility index (Phi) is 5.00. The number of sulfonamides is 1. The number of carboxylic acids is 2. The van der Waals surface area contributed by atoms with Crippen LogP contribution < -0.4 is 14.9 Å². The first-order valence-electron chi connectivity index (χ1n) is 6.60. The first kappa shape index (κ1) is 17.2. The standard InChI is InChI=1S/C16H13NO6S/c18-15(19)12-8-13(16(20)21)10-14(9-12)17-24(22,23)7-6-11-4-2-1-3-5-11/h1-10,17H,(H,18,19)(H,20,21)/p-2. The molecule has 0 spiro atoms. The Hall–Kier alpha value is -3.13. The lowest BCUT2D eigenvalue weighted by atomic mass is 10.1. The van der Waals surface area contributed by atoms with E-state index >= 15 is 0 Å². The topological polar surface area (TPSA) is 126 Å². The molecule has 0 atom stereocenters. The Morgan fingerprint density at radius 1 is 0.917 bits per heavy atom. The van der Waals surface area contributed by atoms with Crippen LogP contribution in [-0.4, -0.2) is 20.4 Å². The molecule has 0 aromatic heterocycles. The highest BCUT2D eigenvalue weighted by Crippen LogP contribution is 2.17. The Bertz CT molecular complexity index is 871. The fourth-order valence-corrected chi connectivity index (χ4v) is 2.70. The number of hydrogen-bond donors (Lipinski definition) is 1. The maximum absolute atomic E-state index is 12.0. The van der Waals surface area contributed by atoms with Gasteiger partial charge in [-0.25, -0.2) is 8.42 Å². The number of benzene rings is 2. The summed E-state index contributed by atoms with van der Waals surface area (Å²) in [5.74, 6) is -3.28. The molecule has 0 aliphatic rings. The first-order valence-corrected chi connectivity index (χ1v) is 8.15. The normalized spacial score (nSPS) is 11.3. The highest BCUT2D eigenvalue weighted by atomic mass is 32.2. The Morgan fingerprint density at radius 2 is 1.46 bits per heavy atom. The molecule has 0 unspecified atom stereocenters. The molecular formula is C16H11NO6S-2. The van der Waals surface area contributed by atoms with Crippen LogP contribution in [0.1, 0.15) is 26.3 Å². The van der Waals surface area contributed by atoms with Gasteiger partial charge >= 0.3 is 0 Å². The zero-order valence-corrected chi connectivity index (χ0v) is 12.9. The van der Waals surface area contributed by atoms with E-state index in [1.165, 1.54) is 6.08 Å². The number of rotatable bonds is 6. The second kappa shape index (κ2) is 6.97. The largest absolute Gasteiger partial charge is 0.545 e. The van der Waals surface area contributed by atoms with Crippen molar-refractivity contribution in [2.75, 3.05) is 4.72 Å². The highest BCUT2D eigenvalue weighted by Gasteiger charge is 2.09. The van der Waals surface area contributed by atoms with Gasteiger partial charge in [0.1, 0.15) is 0 Å². The van der Waals surface area contributed by atoms with E-state index in [2.05, 4.69) is 4.72 Å². The SMILES string of the molecule is O=C([O-])c1cc(NS(=O)(=O)C=Cc2ccccc2)cc(C(=O)[O-])c1. The predicted octanol–water partition coefficient (Wildman–Crippen LogP) is -0.174. The molecule has 8 heteroatoms. The summed E-state index contributed by atoms with van der Waals surface area (Å²) >= 11 is 0. The average molecular weight is 345 g/mol. The van der Waals surface area contributed by atoms with Gasteiger partial charge in [0.2, 0.25) is 0 Å². The molecule has 0 bridgehead atoms. The molecule has 0 aliphatic heterocycles. The van der Waals surface area contributed by atoms with E-state index in [1.54, 1.807) is 30.3 Å². The summed E-state index contributed by atoms with van der Waals surface area (Å²) in [5.41, 5.74) is -0.557. The van der Waals surface area contributed by atoms with Crippen molar-refractivity contribution >= 4 is 33.7 Å². The minimum atomic E-state index is -3.97. The Morgan fingerprint density at radius 3 is 1.96 bits per heavy atom. The summed E-state index contributed by atoms with van der Waals surface area (Å²) in [6.07, 6.45) is 1.34. The Balaban J connectivity index is 2.30. The summed E-state index contributed by atoms with van der Waals surface area (Å²) in [4.78, 5) is 21.8. The molecule has 2 rings (SSSR count). The van der Waals surface area contributed by atoms with E-state index in [-0.39, 0.29) is 5.69 Å². The second-order valence-electron chi connectivity index (χ2n) is 4.73. The molecule has 7 nitrogen and oxygen atoms in total. The van der Waals surface area contributed by atoms with E-state index in [0.29, 0.717) is 5.56 Å². The average Bonchev–Trinajstić information content (AvgIpc) is 2.53. The minimum Gasteiger partial charge on any atom is -0.545 e. The summed E-state index contributed by atoms with van der Waals surface area (Å²) in [6.45, 7) is 0. The van der Waals surface area contributed by atoms with Crippen LogP contribution in [0.15, 0.2) is 53.9 Å². The quantitative estimate of drug-likeness (QED) is 0.774. The van der Waals surface area contributed by atoms with Crippen molar-refractivity contribution in [2.45, 2.75) is 0 Å². The molecular weight excluding hydrogens is 334 g/mol. The second-order valence-corrected chi connectivity index (χ2v) is 6.30. The fourth-order valence-electron chi connectivity index (χ4n) is 1.85. The van der Waals surface area contributed by atoms with Gasteiger partial charge in [0.15, 0.2) is 0 Å². The van der Waals surface area contributed by atoms with Crippen molar-refractivity contribution < 1.29 is 28.2 Å². The van der Waals surface area contributed by atoms with Crippen molar-refractivity contribution in [3.63, 3.8) is 0 Å². The molecule has 0 radical (unpaired) electrons. The molecule has 2 aromatic rings. The number of carbonyl (C=O) groups is 2. The molecule has 0 amide bonds. The summed E-state index contributed by atoms with van der Waals surface area (Å²) in [6, 6.07) is 11.4. The van der Waals surface area contributed by atoms with E-state index in [9.17, 15) is 28.2 Å². The van der Waals surface area contributed by atoms with Crippen molar-refractivity contribution in [1.29, 1.82) is 0 Å². The van der Waals surface area contributed by atoms with Gasteiger partial charge in [-0.1, -0.05) is 30.3 Å². The molecule has 0 heterocycles. The highest BCUT2D eigenvalue weighted by molar-refractivity contribution is 7.95. The van der Waals surface area contributed by atoms with Gasteiger partial charge in [-0.05, 0) is 41.0 Å². The zero-order valence-electron chi connectivity index (χ0n) is 12.1. The van der Waals surface area contributed by atoms with Crippen molar-refractivity contribution in [2.24, 2.45) is 0 Å². The minimum absolute atomic E-state index is 0.228. The van der Waals surface area contributed by atoms with Crippen LogP contribution >= 0.6 is 0 Å². The molecule has 24 heavy (non-hydrogen) atoms. The third kappa shape index (κ3) is 4.68. The molecule has 1 N–H and O–H groups in total. The number of hydrogen-bond acceptors (Lipinski definition) is 6. The number of nitrogens with one attached hydrogen (secondary N) is 1. The van der Waals surface area contributed by atoms with Gasteiger partial charge < -0.3 is 19.8 Å². The van der Waals surface area contributed by atoms with Crippen LogP contribution in [-0.2, 0) is 10.0 Å². The first-order chi connectivity index (χ1) is 11.3. The molecule has 0 aliphatic carbocycles. The monoisotopic (exact) mass is 345 g/mol. The lowest BCUT2D eigenvalue weighted by Gasteiger charge is -2.12. The van der Waals surface area contributed by atoms with E-state index in [4.69, 9.17) is 0 Å². The lowest BCUT2D eigenvalue weighted by molar-refractivity contribution is -0.255. The smallest absolute Gasteiger partial charge is 0.255 e. The lowest BCUT2D eigenvalue weighted by Crippen LogP contribution is -2.26. The predicted molar refractivity (Wildman–Crippen MR) is 83.1 cm³/mol. The van der Waals surface area contributed by atoms with Crippen LogP contribution in [0, 0.1) is 0 Å². The van der Waals surface area contributed by atoms with E-state index in [1.807, 2.05) is 0 Å². The number of anilines is 1. The summed E-state index contributed by atoms with van der Waals surface area (Å²) in [5, 5.41) is 22.7. The molecule has 0 saturated carbocycles. The van der Waals surface area contributed by atoms with Crippen LogP contribution in [0.2, 0.25) is 0 Å². The molecule has 0 saturated heterocycles. The van der Waals surface area contributed by atoms with Crippen molar-refractivity contribution in [3.8, 4) is 0 Å². The van der Waals surface area contributed by atoms with Crippen LogP contribution in [0.25, 0.3) is 6.08 Å². The van der Waals surface area contributed by atoms with Crippen LogP contribution in [0.5, 0.6) is 0 Å². The fraction of sp³-hybridized carbons (Fsp3) is 0. The molecule has 124 valence electrons. The van der Waals surface area contributed by atoms with Gasteiger partial charge in [-0.2, -0.15) is 0 Å². The van der Waals surface area contributed by atoms with Crippen molar-refractivity contribution in [3.05, 3.63) is 70.6 Å².